The summed E-state index contributed by atoms with van der Waals surface area (Å²) in [5.74, 6) is 0.0548. The smallest absolute Gasteiger partial charge is 0.411 e. The van der Waals surface area contributed by atoms with Crippen molar-refractivity contribution in [2.24, 2.45) is 0 Å². The van der Waals surface area contributed by atoms with Gasteiger partial charge in [0.15, 0.2) is 4.87 Å². The van der Waals surface area contributed by atoms with Crippen LogP contribution in [0.2, 0.25) is 5.02 Å². The van der Waals surface area contributed by atoms with Gasteiger partial charge in [0.25, 0.3) is 0 Å². The summed E-state index contributed by atoms with van der Waals surface area (Å²) in [6.45, 7) is 0.864. The topological polar surface area (TPSA) is 9.23 Å². The van der Waals surface area contributed by atoms with Gasteiger partial charge in [-0.15, -0.1) is 11.6 Å². The molecule has 16 heavy (non-hydrogen) atoms. The summed E-state index contributed by atoms with van der Waals surface area (Å²) < 4.78 is 43.0. The highest BCUT2D eigenvalue weighted by atomic mass is 35.5. The van der Waals surface area contributed by atoms with E-state index in [1.54, 1.807) is 0 Å². The van der Waals surface area contributed by atoms with Crippen molar-refractivity contribution >= 4 is 23.2 Å². The Kier molecular flexibility index (Phi) is 3.65. The minimum atomic E-state index is -4.59. The lowest BCUT2D eigenvalue weighted by Gasteiger charge is -2.27. The molecule has 0 radical (unpaired) electrons. The van der Waals surface area contributed by atoms with Gasteiger partial charge in [-0.25, -0.2) is 0 Å². The molecule has 0 bridgehead atoms. The molecule has 0 heterocycles. The lowest BCUT2D eigenvalue weighted by atomic mass is 9.98. The molecule has 90 valence electrons. The van der Waals surface area contributed by atoms with Gasteiger partial charge in [-0.3, -0.25) is 0 Å². The van der Waals surface area contributed by atoms with E-state index in [9.17, 15) is 13.2 Å². The first-order valence-corrected chi connectivity index (χ1v) is 5.05. The van der Waals surface area contributed by atoms with Gasteiger partial charge < -0.3 is 4.74 Å². The van der Waals surface area contributed by atoms with Crippen LogP contribution in [0.25, 0.3) is 0 Å². The lowest BCUT2D eigenvalue weighted by molar-refractivity contribution is -0.160. The van der Waals surface area contributed by atoms with E-state index in [1.165, 1.54) is 19.2 Å². The molecule has 1 aromatic rings. The second-order valence-electron chi connectivity index (χ2n) is 3.35. The zero-order chi connectivity index (χ0) is 12.6. The van der Waals surface area contributed by atoms with E-state index in [0.29, 0.717) is 0 Å². The summed E-state index contributed by atoms with van der Waals surface area (Å²) in [6.07, 6.45) is -4.59. The number of ether oxygens (including phenoxy) is 1. The molecule has 0 aliphatic heterocycles. The van der Waals surface area contributed by atoms with E-state index in [2.05, 4.69) is 0 Å². The van der Waals surface area contributed by atoms with Crippen molar-refractivity contribution in [3.05, 3.63) is 28.8 Å². The van der Waals surface area contributed by atoms with Crippen LogP contribution in [-0.2, 0) is 4.87 Å². The molecular weight excluding hydrogens is 264 g/mol. The van der Waals surface area contributed by atoms with Crippen molar-refractivity contribution in [2.45, 2.75) is 18.0 Å². The molecule has 6 heteroatoms. The first-order valence-electron chi connectivity index (χ1n) is 4.30. The lowest BCUT2D eigenvalue weighted by Crippen LogP contribution is -2.34. The molecule has 1 unspecified atom stereocenters. The predicted molar refractivity (Wildman–Crippen MR) is 57.3 cm³/mol. The van der Waals surface area contributed by atoms with Gasteiger partial charge in [0.1, 0.15) is 5.75 Å². The van der Waals surface area contributed by atoms with Crippen LogP contribution in [0.3, 0.4) is 0 Å². The Morgan fingerprint density at radius 3 is 2.25 bits per heavy atom. The highest BCUT2D eigenvalue weighted by molar-refractivity contribution is 6.31. The highest BCUT2D eigenvalue weighted by Gasteiger charge is 2.52. The van der Waals surface area contributed by atoms with Crippen LogP contribution in [0.4, 0.5) is 13.2 Å². The van der Waals surface area contributed by atoms with Crippen LogP contribution in [0.15, 0.2) is 18.2 Å². The van der Waals surface area contributed by atoms with Gasteiger partial charge in [0, 0.05) is 10.6 Å². The van der Waals surface area contributed by atoms with E-state index in [4.69, 9.17) is 27.9 Å². The molecule has 1 rings (SSSR count). The number of halogens is 5. The highest BCUT2D eigenvalue weighted by Crippen LogP contribution is 2.47. The summed E-state index contributed by atoms with van der Waals surface area (Å²) >= 11 is 11.2. The molecule has 1 atom stereocenters. The quantitative estimate of drug-likeness (QED) is 0.727. The van der Waals surface area contributed by atoms with Crippen molar-refractivity contribution in [2.75, 3.05) is 7.11 Å². The maximum absolute atomic E-state index is 12.7. The molecule has 0 saturated heterocycles. The minimum absolute atomic E-state index is 0.0548. The number of hydrogen-bond acceptors (Lipinski definition) is 1. The minimum Gasteiger partial charge on any atom is -0.496 e. The van der Waals surface area contributed by atoms with Gasteiger partial charge in [-0.05, 0) is 25.1 Å². The van der Waals surface area contributed by atoms with Crippen LogP contribution in [0.5, 0.6) is 5.75 Å². The molecular formula is C10H9Cl2F3O. The van der Waals surface area contributed by atoms with Crippen molar-refractivity contribution in [1.29, 1.82) is 0 Å². The average molecular weight is 273 g/mol. The maximum atomic E-state index is 12.7. The third kappa shape index (κ3) is 2.38. The molecule has 1 nitrogen and oxygen atoms in total. The summed E-state index contributed by atoms with van der Waals surface area (Å²) in [5, 5.41) is 0.173. The molecule has 0 aliphatic rings. The maximum Gasteiger partial charge on any atom is 0.411 e. The molecule has 0 aliphatic carbocycles. The fraction of sp³-hybridized carbons (Fsp3) is 0.400. The molecule has 0 fully saturated rings. The Balaban J connectivity index is 3.36. The predicted octanol–water partition coefficient (Wildman–Crippen LogP) is 4.36. The van der Waals surface area contributed by atoms with Gasteiger partial charge in [0.05, 0.1) is 7.11 Å². The molecule has 0 amide bonds. The zero-order valence-corrected chi connectivity index (χ0v) is 10.0. The monoisotopic (exact) mass is 272 g/mol. The van der Waals surface area contributed by atoms with E-state index in [-0.39, 0.29) is 16.3 Å². The molecule has 0 spiro atoms. The number of hydrogen-bond donors (Lipinski definition) is 0. The average Bonchev–Trinajstić information content (AvgIpc) is 2.16. The first-order chi connectivity index (χ1) is 7.20. The third-order valence-electron chi connectivity index (χ3n) is 2.20. The molecule has 1 aromatic carbocycles. The zero-order valence-electron chi connectivity index (χ0n) is 8.53. The standard InChI is InChI=1S/C10H9Cl2F3O/c1-9(12,10(13,14)15)7-5-6(11)3-4-8(7)16-2/h3-5H,1-2H3. The van der Waals surface area contributed by atoms with Crippen LogP contribution >= 0.6 is 23.2 Å². The summed E-state index contributed by atoms with van der Waals surface area (Å²) in [6, 6.07) is 3.94. The van der Waals surface area contributed by atoms with E-state index >= 15 is 0 Å². The van der Waals surface area contributed by atoms with Crippen molar-refractivity contribution in [1.82, 2.24) is 0 Å². The summed E-state index contributed by atoms with van der Waals surface area (Å²) in [7, 11) is 1.27. The van der Waals surface area contributed by atoms with E-state index in [1.807, 2.05) is 0 Å². The van der Waals surface area contributed by atoms with E-state index in [0.717, 1.165) is 13.0 Å². The molecule has 0 N–H and O–H groups in total. The van der Waals surface area contributed by atoms with Crippen LogP contribution in [0.1, 0.15) is 12.5 Å². The fourth-order valence-corrected chi connectivity index (χ4v) is 1.52. The van der Waals surface area contributed by atoms with Crippen LogP contribution in [-0.4, -0.2) is 13.3 Å². The van der Waals surface area contributed by atoms with Crippen molar-refractivity contribution in [3.8, 4) is 5.75 Å². The van der Waals surface area contributed by atoms with Crippen molar-refractivity contribution < 1.29 is 17.9 Å². The number of rotatable bonds is 2. The second kappa shape index (κ2) is 4.34. The fourth-order valence-electron chi connectivity index (χ4n) is 1.20. The number of alkyl halides is 4. The Morgan fingerprint density at radius 1 is 1.25 bits per heavy atom. The van der Waals surface area contributed by atoms with Gasteiger partial charge >= 0.3 is 6.18 Å². The third-order valence-corrected chi connectivity index (χ3v) is 2.85. The second-order valence-corrected chi connectivity index (χ2v) is 4.54. The molecule has 0 saturated carbocycles. The van der Waals surface area contributed by atoms with Gasteiger partial charge in [-0.2, -0.15) is 13.2 Å². The number of benzene rings is 1. The largest absolute Gasteiger partial charge is 0.496 e. The Morgan fingerprint density at radius 2 is 1.81 bits per heavy atom. The van der Waals surface area contributed by atoms with Crippen molar-refractivity contribution in [3.63, 3.8) is 0 Å². The van der Waals surface area contributed by atoms with Gasteiger partial charge in [-0.1, -0.05) is 11.6 Å². The SMILES string of the molecule is COc1ccc(Cl)cc1C(C)(Cl)C(F)(F)F. The van der Waals surface area contributed by atoms with E-state index < -0.39 is 11.1 Å². The van der Waals surface area contributed by atoms with Gasteiger partial charge in [0.2, 0.25) is 0 Å². The Labute approximate surface area is 101 Å². The first kappa shape index (κ1) is 13.5. The van der Waals surface area contributed by atoms with Crippen LogP contribution < -0.4 is 4.74 Å². The van der Waals surface area contributed by atoms with Crippen LogP contribution in [0, 0.1) is 0 Å². The molecule has 0 aromatic heterocycles. The Hall–Kier alpha value is -0.610. The normalized spacial score (nSPS) is 15.7. The number of methoxy groups -OCH3 is 1. The summed E-state index contributed by atoms with van der Waals surface area (Å²) in [5.41, 5.74) is -0.198. The Bertz CT molecular complexity index is 388. The summed E-state index contributed by atoms with van der Waals surface area (Å²) in [4.78, 5) is -2.52.